The van der Waals surface area contributed by atoms with E-state index in [0.717, 1.165) is 108 Å². The van der Waals surface area contributed by atoms with Gasteiger partial charge in [-0.3, -0.25) is 37.3 Å². The summed E-state index contributed by atoms with van der Waals surface area (Å²) in [6, 6.07) is 0. The van der Waals surface area contributed by atoms with Gasteiger partial charge in [-0.15, -0.1) is 0 Å². The number of carbonyl (C=O) groups is 4. The van der Waals surface area contributed by atoms with Gasteiger partial charge in [0, 0.05) is 25.7 Å². The van der Waals surface area contributed by atoms with Crippen molar-refractivity contribution in [1.29, 1.82) is 0 Å². The molecular weight excluding hydrogens is 1260 g/mol. The SMILES string of the molecule is CCCCCCCCCCCCCCCCCCCCCCCCC(=O)O[C@H](COC(=O)CCCCCCCCCCCCC(C)C)COP(=O)(O)OC[C@@H](O)COP(=O)(O)OC[C@@H](COC(=O)CCCCCCCCCC(C)C)OC(=O)CCCCCCCCCCC(C)C. The van der Waals surface area contributed by atoms with Crippen molar-refractivity contribution in [2.24, 2.45) is 17.8 Å². The molecule has 0 aliphatic carbocycles. The second-order valence-electron chi connectivity index (χ2n) is 29.2. The standard InChI is InChI=1S/C77H150O17P2/c1-8-9-10-11-12-13-14-15-16-17-18-19-20-21-22-23-24-25-30-38-46-53-60-76(81)93-72(64-87-74(79)58-51-44-37-29-27-26-28-34-41-48-55-68(2)3)66-91-95(83,84)89-62-71(78)63-90-96(85,86)92-67-73(65-88-75(80)59-52-45-40-33-36-43-50-57-70(6)7)94-77(82)61-54-47-39-32-31-35-42-49-56-69(4)5/h68-73,78H,8-67H2,1-7H3,(H,83,84)(H,85,86)/t71-,72-,73-/m1/s1. The van der Waals surface area contributed by atoms with Crippen LogP contribution in [0.4, 0.5) is 0 Å². The zero-order valence-electron chi connectivity index (χ0n) is 62.8. The number of aliphatic hydroxyl groups is 1. The van der Waals surface area contributed by atoms with Crippen molar-refractivity contribution >= 4 is 39.5 Å². The summed E-state index contributed by atoms with van der Waals surface area (Å²) in [4.78, 5) is 72.8. The number of ether oxygens (including phenoxy) is 4. The van der Waals surface area contributed by atoms with Crippen LogP contribution in [0.5, 0.6) is 0 Å². The van der Waals surface area contributed by atoms with E-state index < -0.39 is 97.5 Å². The predicted molar refractivity (Wildman–Crippen MR) is 391 cm³/mol. The summed E-state index contributed by atoms with van der Waals surface area (Å²) in [5.74, 6) is 0.0598. The van der Waals surface area contributed by atoms with Crippen molar-refractivity contribution in [1.82, 2.24) is 0 Å². The lowest BCUT2D eigenvalue weighted by atomic mass is 10.0. The molecule has 0 radical (unpaired) electrons. The van der Waals surface area contributed by atoms with Gasteiger partial charge in [0.15, 0.2) is 12.2 Å². The summed E-state index contributed by atoms with van der Waals surface area (Å²) in [5, 5.41) is 10.6. The minimum Gasteiger partial charge on any atom is -0.462 e. The first-order valence-electron chi connectivity index (χ1n) is 39.8. The highest BCUT2D eigenvalue weighted by Gasteiger charge is 2.30. The third kappa shape index (κ3) is 70.5. The maximum Gasteiger partial charge on any atom is 0.472 e. The quantitative estimate of drug-likeness (QED) is 0.0222. The molecule has 0 spiro atoms. The van der Waals surface area contributed by atoms with Crippen LogP contribution in [0.3, 0.4) is 0 Å². The molecule has 3 N–H and O–H groups in total. The molecule has 0 aliphatic heterocycles. The van der Waals surface area contributed by atoms with Gasteiger partial charge in [0.05, 0.1) is 26.4 Å². The zero-order chi connectivity index (χ0) is 70.9. The van der Waals surface area contributed by atoms with E-state index in [-0.39, 0.29) is 25.7 Å². The van der Waals surface area contributed by atoms with Crippen molar-refractivity contribution < 1.29 is 80.2 Å². The fourth-order valence-corrected chi connectivity index (χ4v) is 13.4. The van der Waals surface area contributed by atoms with Crippen molar-refractivity contribution in [3.63, 3.8) is 0 Å². The second kappa shape index (κ2) is 67.5. The van der Waals surface area contributed by atoms with Crippen LogP contribution in [-0.4, -0.2) is 96.7 Å². The van der Waals surface area contributed by atoms with E-state index in [0.29, 0.717) is 31.6 Å². The van der Waals surface area contributed by atoms with E-state index in [4.69, 9.17) is 37.0 Å². The number of carbonyl (C=O) groups excluding carboxylic acids is 4. The van der Waals surface area contributed by atoms with Gasteiger partial charge < -0.3 is 33.8 Å². The van der Waals surface area contributed by atoms with Crippen LogP contribution in [0.15, 0.2) is 0 Å². The summed E-state index contributed by atoms with van der Waals surface area (Å²) in [6.07, 6.45) is 54.5. The number of esters is 4. The minimum absolute atomic E-state index is 0.104. The van der Waals surface area contributed by atoms with E-state index in [2.05, 4.69) is 48.5 Å². The van der Waals surface area contributed by atoms with Gasteiger partial charge in [0.2, 0.25) is 0 Å². The predicted octanol–water partition coefficient (Wildman–Crippen LogP) is 22.6. The topological polar surface area (TPSA) is 237 Å². The molecule has 5 atom stereocenters. The van der Waals surface area contributed by atoms with Gasteiger partial charge in [-0.1, -0.05) is 344 Å². The van der Waals surface area contributed by atoms with Crippen molar-refractivity contribution in [3.8, 4) is 0 Å². The second-order valence-corrected chi connectivity index (χ2v) is 32.1. The largest absolute Gasteiger partial charge is 0.472 e. The van der Waals surface area contributed by atoms with Crippen LogP contribution in [0.25, 0.3) is 0 Å². The number of hydrogen-bond donors (Lipinski definition) is 3. The van der Waals surface area contributed by atoms with Crippen LogP contribution in [0, 0.1) is 17.8 Å². The molecule has 0 saturated carbocycles. The van der Waals surface area contributed by atoms with Crippen LogP contribution in [0.2, 0.25) is 0 Å². The first-order valence-corrected chi connectivity index (χ1v) is 42.8. The molecule has 0 amide bonds. The fraction of sp³-hybridized carbons (Fsp3) is 0.948. The fourth-order valence-electron chi connectivity index (χ4n) is 11.8. The molecule has 0 aromatic carbocycles. The Morgan fingerprint density at radius 2 is 0.479 bits per heavy atom. The molecule has 17 nitrogen and oxygen atoms in total. The molecule has 0 bridgehead atoms. The number of unbranched alkanes of at least 4 members (excludes halogenated alkanes) is 43. The molecule has 0 aliphatic rings. The Bertz CT molecular complexity index is 1870. The lowest BCUT2D eigenvalue weighted by molar-refractivity contribution is -0.161. The van der Waals surface area contributed by atoms with Gasteiger partial charge >= 0.3 is 39.5 Å². The Labute approximate surface area is 588 Å². The molecule has 0 heterocycles. The third-order valence-corrected chi connectivity index (χ3v) is 19.8. The zero-order valence-corrected chi connectivity index (χ0v) is 64.6. The Balaban J connectivity index is 5.18. The minimum atomic E-state index is -4.96. The normalized spacial score (nSPS) is 14.1. The number of rotatable bonds is 75. The molecule has 2 unspecified atom stereocenters. The monoisotopic (exact) mass is 1410 g/mol. The number of aliphatic hydroxyl groups excluding tert-OH is 1. The van der Waals surface area contributed by atoms with Crippen LogP contribution in [-0.2, 0) is 65.4 Å². The van der Waals surface area contributed by atoms with Crippen LogP contribution in [0.1, 0.15) is 395 Å². The highest BCUT2D eigenvalue weighted by Crippen LogP contribution is 2.45. The molecular formula is C77H150O17P2. The third-order valence-electron chi connectivity index (χ3n) is 17.9. The van der Waals surface area contributed by atoms with Gasteiger partial charge in [0.1, 0.15) is 19.3 Å². The number of phosphoric ester groups is 2. The smallest absolute Gasteiger partial charge is 0.462 e. The average molecular weight is 1410 g/mol. The number of hydrogen-bond acceptors (Lipinski definition) is 15. The Morgan fingerprint density at radius 3 is 0.708 bits per heavy atom. The summed E-state index contributed by atoms with van der Waals surface area (Å²) < 4.78 is 68.5. The molecule has 0 aromatic heterocycles. The average Bonchev–Trinajstić information content (AvgIpc) is 1.15. The maximum atomic E-state index is 13.1. The van der Waals surface area contributed by atoms with Crippen LogP contribution >= 0.6 is 15.6 Å². The molecule has 19 heteroatoms. The van der Waals surface area contributed by atoms with Crippen molar-refractivity contribution in [3.05, 3.63) is 0 Å². The highest BCUT2D eigenvalue weighted by molar-refractivity contribution is 7.47. The highest BCUT2D eigenvalue weighted by atomic mass is 31.2. The van der Waals surface area contributed by atoms with Gasteiger partial charge in [0.25, 0.3) is 0 Å². The Morgan fingerprint density at radius 1 is 0.281 bits per heavy atom. The summed E-state index contributed by atoms with van der Waals surface area (Å²) >= 11 is 0. The number of phosphoric acid groups is 2. The van der Waals surface area contributed by atoms with E-state index in [9.17, 15) is 43.2 Å². The summed E-state index contributed by atoms with van der Waals surface area (Å²) in [7, 11) is -9.91. The Hall–Kier alpha value is -1.94. The van der Waals surface area contributed by atoms with Gasteiger partial charge in [-0.05, 0) is 43.4 Å². The van der Waals surface area contributed by atoms with E-state index >= 15 is 0 Å². The summed E-state index contributed by atoms with van der Waals surface area (Å²) in [5.41, 5.74) is 0. The van der Waals surface area contributed by atoms with Crippen LogP contribution < -0.4 is 0 Å². The van der Waals surface area contributed by atoms with Crippen molar-refractivity contribution in [2.45, 2.75) is 414 Å². The lowest BCUT2D eigenvalue weighted by Gasteiger charge is -2.21. The molecule has 570 valence electrons. The molecule has 0 saturated heterocycles. The van der Waals surface area contributed by atoms with E-state index in [1.165, 1.54) is 199 Å². The van der Waals surface area contributed by atoms with E-state index in [1.807, 2.05) is 0 Å². The summed E-state index contributed by atoms with van der Waals surface area (Å²) in [6.45, 7) is 11.8. The molecule has 0 rings (SSSR count). The van der Waals surface area contributed by atoms with Gasteiger partial charge in [-0.2, -0.15) is 0 Å². The maximum absolute atomic E-state index is 13.1. The molecule has 0 fully saturated rings. The lowest BCUT2D eigenvalue weighted by Crippen LogP contribution is -2.30. The molecule has 96 heavy (non-hydrogen) atoms. The van der Waals surface area contributed by atoms with E-state index in [1.54, 1.807) is 0 Å². The van der Waals surface area contributed by atoms with Crippen molar-refractivity contribution in [2.75, 3.05) is 39.6 Å². The van der Waals surface area contributed by atoms with Gasteiger partial charge in [-0.25, -0.2) is 9.13 Å². The molecule has 0 aromatic rings. The first-order chi connectivity index (χ1) is 46.2. The first kappa shape index (κ1) is 94.1. The Kier molecular flexibility index (Phi) is 66.2.